The van der Waals surface area contributed by atoms with Crippen LogP contribution >= 0.6 is 0 Å². The molecule has 1 aliphatic heterocycles. The van der Waals surface area contributed by atoms with Crippen molar-refractivity contribution in [2.45, 2.75) is 32.7 Å². The van der Waals surface area contributed by atoms with Crippen molar-refractivity contribution in [3.8, 4) is 0 Å². The van der Waals surface area contributed by atoms with Gasteiger partial charge in [-0.3, -0.25) is 15.1 Å². The molecule has 2 N–H and O–H groups in total. The molecule has 1 aromatic carbocycles. The van der Waals surface area contributed by atoms with Crippen molar-refractivity contribution < 1.29 is 9.18 Å². The van der Waals surface area contributed by atoms with Gasteiger partial charge in [0.15, 0.2) is 5.96 Å². The van der Waals surface area contributed by atoms with Crippen LogP contribution in [0.5, 0.6) is 0 Å². The predicted molar refractivity (Wildman–Crippen MR) is 76.8 cm³/mol. The highest BCUT2D eigenvalue weighted by atomic mass is 19.1. The number of guanidine groups is 1. The second-order valence-electron chi connectivity index (χ2n) is 5.43. The first kappa shape index (κ1) is 14.5. The average molecular weight is 277 g/mol. The second-order valence-corrected chi connectivity index (χ2v) is 5.43. The Hall–Kier alpha value is -1.91. The highest BCUT2D eigenvalue weighted by Gasteiger charge is 2.45. The van der Waals surface area contributed by atoms with Gasteiger partial charge in [-0.15, -0.1) is 0 Å². The normalized spacial score (nSPS) is 24.1. The highest BCUT2D eigenvalue weighted by Crippen LogP contribution is 2.28. The summed E-state index contributed by atoms with van der Waals surface area (Å²) in [6.07, 6.45) is 0.517. The number of carbonyl (C=O) groups excluding carboxylic acids is 1. The Balaban J connectivity index is 2.32. The molecule has 108 valence electrons. The standard InChI is InChI=1S/C15H20FN3O/c1-4-15(11-6-5-7-12(16)8-11)13(20)18-14(19-15)17-9-10(2)3/h5-8,10H,4,9H2,1-3H3,(H2,17,18,19,20). The zero-order chi connectivity index (χ0) is 14.8. The van der Waals surface area contributed by atoms with Gasteiger partial charge in [0.2, 0.25) is 0 Å². The van der Waals surface area contributed by atoms with Crippen molar-refractivity contribution >= 4 is 11.9 Å². The fraction of sp³-hybridized carbons (Fsp3) is 0.467. The van der Waals surface area contributed by atoms with Gasteiger partial charge >= 0.3 is 0 Å². The Labute approximate surface area is 118 Å². The molecule has 2 rings (SSSR count). The lowest BCUT2D eigenvalue weighted by atomic mass is 9.87. The number of carbonyl (C=O) groups is 1. The SMILES string of the molecule is CCC1(c2cccc(F)c2)NC(=NCC(C)C)NC1=O. The second kappa shape index (κ2) is 5.61. The van der Waals surface area contributed by atoms with Gasteiger partial charge < -0.3 is 5.32 Å². The van der Waals surface area contributed by atoms with E-state index in [4.69, 9.17) is 0 Å². The molecule has 1 unspecified atom stereocenters. The predicted octanol–water partition coefficient (Wildman–Crippen LogP) is 2.16. The van der Waals surface area contributed by atoms with Gasteiger partial charge in [0.05, 0.1) is 0 Å². The van der Waals surface area contributed by atoms with Crippen molar-refractivity contribution in [3.63, 3.8) is 0 Å². The molecule has 0 aromatic heterocycles. The van der Waals surface area contributed by atoms with Gasteiger partial charge in [-0.2, -0.15) is 0 Å². The largest absolute Gasteiger partial charge is 0.338 e. The summed E-state index contributed by atoms with van der Waals surface area (Å²) in [5.41, 5.74) is -0.315. The van der Waals surface area contributed by atoms with E-state index >= 15 is 0 Å². The molecule has 1 heterocycles. The first-order valence-corrected chi connectivity index (χ1v) is 6.88. The van der Waals surface area contributed by atoms with E-state index in [1.54, 1.807) is 12.1 Å². The number of rotatable bonds is 4. The van der Waals surface area contributed by atoms with Crippen LogP contribution in [0.2, 0.25) is 0 Å². The summed E-state index contributed by atoms with van der Waals surface area (Å²) >= 11 is 0. The van der Waals surface area contributed by atoms with Crippen LogP contribution in [0.3, 0.4) is 0 Å². The summed E-state index contributed by atoms with van der Waals surface area (Å²) in [7, 11) is 0. The Morgan fingerprint density at radius 2 is 2.15 bits per heavy atom. The molecule has 0 bridgehead atoms. The average Bonchev–Trinajstić information content (AvgIpc) is 2.74. The van der Waals surface area contributed by atoms with Crippen LogP contribution in [0.4, 0.5) is 4.39 Å². The molecule has 1 fully saturated rings. The third-order valence-electron chi connectivity index (χ3n) is 3.41. The maximum atomic E-state index is 13.4. The minimum atomic E-state index is -0.933. The van der Waals surface area contributed by atoms with Gasteiger partial charge in [-0.25, -0.2) is 4.39 Å². The van der Waals surface area contributed by atoms with Crippen LogP contribution in [-0.2, 0) is 10.3 Å². The lowest BCUT2D eigenvalue weighted by Gasteiger charge is -2.25. The zero-order valence-corrected chi connectivity index (χ0v) is 12.0. The molecule has 0 aliphatic carbocycles. The van der Waals surface area contributed by atoms with E-state index in [0.717, 1.165) is 0 Å². The molecule has 1 aromatic rings. The van der Waals surface area contributed by atoms with Gasteiger partial charge in [0, 0.05) is 6.54 Å². The van der Waals surface area contributed by atoms with Gasteiger partial charge in [-0.1, -0.05) is 32.9 Å². The van der Waals surface area contributed by atoms with E-state index in [0.29, 0.717) is 30.4 Å². The summed E-state index contributed by atoms with van der Waals surface area (Å²) in [6.45, 7) is 6.63. The Morgan fingerprint density at radius 3 is 2.75 bits per heavy atom. The highest BCUT2D eigenvalue weighted by molar-refractivity contribution is 6.09. The number of nitrogens with one attached hydrogen (secondary N) is 2. The Kier molecular flexibility index (Phi) is 4.06. The molecule has 1 amide bonds. The number of amides is 1. The zero-order valence-electron chi connectivity index (χ0n) is 12.0. The van der Waals surface area contributed by atoms with Gasteiger partial charge in [0.1, 0.15) is 11.4 Å². The first-order chi connectivity index (χ1) is 9.48. The van der Waals surface area contributed by atoms with E-state index < -0.39 is 5.54 Å². The number of benzene rings is 1. The Bertz CT molecular complexity index is 542. The Morgan fingerprint density at radius 1 is 1.40 bits per heavy atom. The van der Waals surface area contributed by atoms with Crippen LogP contribution in [0, 0.1) is 11.7 Å². The topological polar surface area (TPSA) is 53.5 Å². The van der Waals surface area contributed by atoms with Crippen molar-refractivity contribution in [3.05, 3.63) is 35.6 Å². The third kappa shape index (κ3) is 2.66. The minimum Gasteiger partial charge on any atom is -0.338 e. The molecule has 0 saturated carbocycles. The van der Waals surface area contributed by atoms with Crippen molar-refractivity contribution in [2.75, 3.05) is 6.54 Å². The molecule has 1 saturated heterocycles. The first-order valence-electron chi connectivity index (χ1n) is 6.88. The molecule has 1 aliphatic rings. The van der Waals surface area contributed by atoms with E-state index in [9.17, 15) is 9.18 Å². The van der Waals surface area contributed by atoms with E-state index in [1.807, 2.05) is 6.92 Å². The van der Waals surface area contributed by atoms with Crippen LogP contribution < -0.4 is 10.6 Å². The quantitative estimate of drug-likeness (QED) is 0.886. The number of hydrogen-bond donors (Lipinski definition) is 2. The fourth-order valence-corrected chi connectivity index (χ4v) is 2.27. The van der Waals surface area contributed by atoms with Crippen LogP contribution in [-0.4, -0.2) is 18.4 Å². The monoisotopic (exact) mass is 277 g/mol. The smallest absolute Gasteiger partial charge is 0.257 e. The molecular weight excluding hydrogens is 257 g/mol. The van der Waals surface area contributed by atoms with Crippen molar-refractivity contribution in [1.82, 2.24) is 10.6 Å². The lowest BCUT2D eigenvalue weighted by Crippen LogP contribution is -2.43. The molecule has 4 nitrogen and oxygen atoms in total. The molecule has 0 spiro atoms. The number of aliphatic imine (C=N–C) groups is 1. The number of halogens is 1. The van der Waals surface area contributed by atoms with E-state index in [2.05, 4.69) is 29.5 Å². The van der Waals surface area contributed by atoms with Crippen molar-refractivity contribution in [2.24, 2.45) is 10.9 Å². The third-order valence-corrected chi connectivity index (χ3v) is 3.41. The van der Waals surface area contributed by atoms with Crippen LogP contribution in [0.1, 0.15) is 32.8 Å². The summed E-state index contributed by atoms with van der Waals surface area (Å²) in [4.78, 5) is 16.7. The van der Waals surface area contributed by atoms with Crippen molar-refractivity contribution in [1.29, 1.82) is 0 Å². The summed E-state index contributed by atoms with van der Waals surface area (Å²) in [5.74, 6) is 0.340. The minimum absolute atomic E-state index is 0.187. The number of nitrogens with zero attached hydrogens (tertiary/aromatic N) is 1. The van der Waals surface area contributed by atoms with Gasteiger partial charge in [0.25, 0.3) is 5.91 Å². The maximum Gasteiger partial charge on any atom is 0.257 e. The number of hydrogen-bond acceptors (Lipinski definition) is 2. The van der Waals surface area contributed by atoms with Crippen LogP contribution in [0.15, 0.2) is 29.3 Å². The molecule has 0 radical (unpaired) electrons. The summed E-state index contributed by atoms with van der Waals surface area (Å²) < 4.78 is 13.4. The fourth-order valence-electron chi connectivity index (χ4n) is 2.27. The van der Waals surface area contributed by atoms with E-state index in [-0.39, 0.29) is 11.7 Å². The van der Waals surface area contributed by atoms with E-state index in [1.165, 1.54) is 12.1 Å². The maximum absolute atomic E-state index is 13.4. The molecular formula is C15H20FN3O. The lowest BCUT2D eigenvalue weighted by molar-refractivity contribution is -0.124. The molecule has 20 heavy (non-hydrogen) atoms. The van der Waals surface area contributed by atoms with Gasteiger partial charge in [-0.05, 0) is 30.0 Å². The molecule has 1 atom stereocenters. The molecule has 5 heteroatoms. The summed E-state index contributed by atoms with van der Waals surface area (Å²) in [6, 6.07) is 6.12. The summed E-state index contributed by atoms with van der Waals surface area (Å²) in [5, 5.41) is 5.87. The van der Waals surface area contributed by atoms with Crippen LogP contribution in [0.25, 0.3) is 0 Å².